The zero-order valence-corrected chi connectivity index (χ0v) is 21.6. The number of amides is 2. The van der Waals surface area contributed by atoms with Crippen molar-refractivity contribution in [1.29, 1.82) is 0 Å². The number of rotatable bonds is 9. The van der Waals surface area contributed by atoms with Crippen molar-refractivity contribution in [3.8, 4) is 0 Å². The Labute approximate surface area is 211 Å². The molecule has 1 aromatic heterocycles. The van der Waals surface area contributed by atoms with E-state index < -0.39 is 0 Å². The fourth-order valence-corrected chi connectivity index (χ4v) is 5.31. The molecule has 4 rings (SSSR count). The van der Waals surface area contributed by atoms with Gasteiger partial charge in [-0.2, -0.15) is 0 Å². The highest BCUT2D eigenvalue weighted by Crippen LogP contribution is 2.27. The number of nitrogens with zero attached hydrogens (tertiary/aromatic N) is 3. The lowest BCUT2D eigenvalue weighted by Crippen LogP contribution is -2.49. The van der Waals surface area contributed by atoms with E-state index in [2.05, 4.69) is 37.7 Å². The van der Waals surface area contributed by atoms with Crippen LogP contribution in [0.15, 0.2) is 23.6 Å². The highest BCUT2D eigenvalue weighted by atomic mass is 32.1. The number of methoxy groups -OCH3 is 1. The summed E-state index contributed by atoms with van der Waals surface area (Å²) in [6.07, 6.45) is 1.99. The number of carbonyl (C=O) groups excluding carboxylic acids is 2. The highest BCUT2D eigenvalue weighted by Gasteiger charge is 2.26. The Morgan fingerprint density at radius 2 is 2.14 bits per heavy atom. The van der Waals surface area contributed by atoms with Gasteiger partial charge in [0.1, 0.15) is 5.69 Å². The lowest BCUT2D eigenvalue weighted by atomic mass is 10.1. The van der Waals surface area contributed by atoms with Crippen LogP contribution in [0.1, 0.15) is 53.1 Å². The minimum Gasteiger partial charge on any atom is -0.380 e. The van der Waals surface area contributed by atoms with Crippen LogP contribution in [0, 0.1) is 0 Å². The van der Waals surface area contributed by atoms with E-state index in [0.29, 0.717) is 29.5 Å². The molecule has 2 aliphatic heterocycles. The molecule has 3 N–H and O–H groups in total. The fraction of sp³-hybridized carbons (Fsp3) is 0.560. The quantitative estimate of drug-likeness (QED) is 0.487. The van der Waals surface area contributed by atoms with Gasteiger partial charge < -0.3 is 25.6 Å². The fourth-order valence-electron chi connectivity index (χ4n) is 4.47. The van der Waals surface area contributed by atoms with E-state index in [4.69, 9.17) is 4.74 Å². The average molecular weight is 501 g/mol. The van der Waals surface area contributed by atoms with Gasteiger partial charge in [0.05, 0.1) is 17.4 Å². The van der Waals surface area contributed by atoms with Crippen molar-refractivity contribution >= 4 is 34.0 Å². The standard InChI is InChI=1S/C25H36N6O3S/c1-4-8-27-23(32)20-12-18(14-30-11-9-26-13-17(30)2)5-6-21(20)28-24(33)22-16-35-25(29-22)31-10-7-19(15-31)34-3/h5-6,12,16-17,19,26H,4,7-11,13-15H2,1-3H3,(H,27,32)(H,28,33)/t17-,19+/m1/s1. The third kappa shape index (κ3) is 6.38. The average Bonchev–Trinajstić information content (AvgIpc) is 3.54. The molecule has 0 radical (unpaired) electrons. The summed E-state index contributed by atoms with van der Waals surface area (Å²) < 4.78 is 5.43. The van der Waals surface area contributed by atoms with Crippen molar-refractivity contribution in [2.45, 2.75) is 45.4 Å². The largest absolute Gasteiger partial charge is 0.380 e. The number of thiazole rings is 1. The van der Waals surface area contributed by atoms with Crippen molar-refractivity contribution in [2.75, 3.05) is 56.6 Å². The van der Waals surface area contributed by atoms with Gasteiger partial charge in [-0.1, -0.05) is 13.0 Å². The molecule has 1 aromatic carbocycles. The maximum atomic E-state index is 13.0. The molecule has 2 aromatic rings. The zero-order chi connectivity index (χ0) is 24.8. The first-order valence-corrected chi connectivity index (χ1v) is 13.3. The second kappa shape index (κ2) is 11.9. The van der Waals surface area contributed by atoms with Crippen LogP contribution in [0.4, 0.5) is 10.8 Å². The normalized spacial score (nSPS) is 20.7. The van der Waals surface area contributed by atoms with Crippen LogP contribution in [0.3, 0.4) is 0 Å². The summed E-state index contributed by atoms with van der Waals surface area (Å²) in [6.45, 7) is 10.1. The molecule has 35 heavy (non-hydrogen) atoms. The third-order valence-corrected chi connectivity index (χ3v) is 7.51. The molecular formula is C25H36N6O3S. The van der Waals surface area contributed by atoms with E-state index in [9.17, 15) is 9.59 Å². The molecule has 0 aliphatic carbocycles. The number of benzene rings is 1. The summed E-state index contributed by atoms with van der Waals surface area (Å²) in [4.78, 5) is 35.1. The summed E-state index contributed by atoms with van der Waals surface area (Å²) in [5.74, 6) is -0.498. The van der Waals surface area contributed by atoms with E-state index in [1.807, 2.05) is 25.1 Å². The number of nitrogens with one attached hydrogen (secondary N) is 3. The summed E-state index contributed by atoms with van der Waals surface area (Å²) in [5, 5.41) is 11.9. The van der Waals surface area contributed by atoms with Crippen molar-refractivity contribution in [3.05, 3.63) is 40.4 Å². The van der Waals surface area contributed by atoms with Crippen molar-refractivity contribution in [2.24, 2.45) is 0 Å². The van der Waals surface area contributed by atoms with E-state index in [1.54, 1.807) is 12.5 Å². The van der Waals surface area contributed by atoms with Crippen LogP contribution >= 0.6 is 11.3 Å². The Bertz CT molecular complexity index is 1030. The van der Waals surface area contributed by atoms with E-state index in [0.717, 1.165) is 62.8 Å². The van der Waals surface area contributed by atoms with Crippen LogP contribution in [0.5, 0.6) is 0 Å². The monoisotopic (exact) mass is 500 g/mol. The molecule has 9 nitrogen and oxygen atoms in total. The molecule has 0 unspecified atom stereocenters. The van der Waals surface area contributed by atoms with Gasteiger partial charge in [-0.3, -0.25) is 14.5 Å². The molecule has 2 fully saturated rings. The van der Waals surface area contributed by atoms with Gasteiger partial charge in [-0.15, -0.1) is 11.3 Å². The van der Waals surface area contributed by atoms with Gasteiger partial charge in [0.2, 0.25) is 0 Å². The van der Waals surface area contributed by atoms with Crippen LogP contribution in [0.25, 0.3) is 0 Å². The topological polar surface area (TPSA) is 98.8 Å². The van der Waals surface area contributed by atoms with Crippen LogP contribution in [0.2, 0.25) is 0 Å². The zero-order valence-electron chi connectivity index (χ0n) is 20.8. The second-order valence-electron chi connectivity index (χ2n) is 9.22. The molecule has 2 aliphatic rings. The number of hydrogen-bond donors (Lipinski definition) is 3. The van der Waals surface area contributed by atoms with Crippen LogP contribution in [-0.4, -0.2) is 80.2 Å². The Hall–Kier alpha value is -2.53. The number of hydrogen-bond acceptors (Lipinski definition) is 8. The Morgan fingerprint density at radius 1 is 1.29 bits per heavy atom. The van der Waals surface area contributed by atoms with Gasteiger partial charge in [0, 0.05) is 64.3 Å². The lowest BCUT2D eigenvalue weighted by molar-refractivity contribution is 0.0954. The van der Waals surface area contributed by atoms with Crippen molar-refractivity contribution < 1.29 is 14.3 Å². The molecule has 190 valence electrons. The third-order valence-electron chi connectivity index (χ3n) is 6.61. The molecule has 0 saturated carbocycles. The Balaban J connectivity index is 1.49. The summed E-state index contributed by atoms with van der Waals surface area (Å²) in [6, 6.07) is 6.14. The van der Waals surface area contributed by atoms with Gasteiger partial charge in [0.15, 0.2) is 5.13 Å². The SMILES string of the molecule is CCCNC(=O)c1cc(CN2CCNC[C@H]2C)ccc1NC(=O)c1csc(N2CC[C@H](OC)C2)n1. The Kier molecular flexibility index (Phi) is 8.72. The van der Waals surface area contributed by atoms with Crippen LogP contribution < -0.4 is 20.9 Å². The summed E-state index contributed by atoms with van der Waals surface area (Å²) in [5.41, 5.74) is 2.38. The molecule has 2 atom stereocenters. The molecular weight excluding hydrogens is 464 g/mol. The van der Waals surface area contributed by atoms with E-state index in [-0.39, 0.29) is 17.9 Å². The summed E-state index contributed by atoms with van der Waals surface area (Å²) >= 11 is 1.45. The molecule has 2 saturated heterocycles. The summed E-state index contributed by atoms with van der Waals surface area (Å²) in [7, 11) is 1.72. The lowest BCUT2D eigenvalue weighted by Gasteiger charge is -2.34. The molecule has 0 spiro atoms. The number of anilines is 2. The van der Waals surface area contributed by atoms with Gasteiger partial charge >= 0.3 is 0 Å². The van der Waals surface area contributed by atoms with Gasteiger partial charge in [-0.25, -0.2) is 4.98 Å². The molecule has 0 bridgehead atoms. The molecule has 10 heteroatoms. The predicted molar refractivity (Wildman–Crippen MR) is 140 cm³/mol. The first kappa shape index (κ1) is 25.6. The van der Waals surface area contributed by atoms with Crippen molar-refractivity contribution in [1.82, 2.24) is 20.5 Å². The maximum Gasteiger partial charge on any atom is 0.275 e. The maximum absolute atomic E-state index is 13.0. The van der Waals surface area contributed by atoms with Crippen LogP contribution in [-0.2, 0) is 11.3 Å². The molecule has 3 heterocycles. The number of aromatic nitrogens is 1. The van der Waals surface area contributed by atoms with Gasteiger partial charge in [0.25, 0.3) is 11.8 Å². The molecule has 2 amide bonds. The first-order valence-electron chi connectivity index (χ1n) is 12.4. The Morgan fingerprint density at radius 3 is 2.89 bits per heavy atom. The number of carbonyl (C=O) groups is 2. The minimum atomic E-state index is -0.317. The number of piperazine rings is 1. The van der Waals surface area contributed by atoms with Gasteiger partial charge in [-0.05, 0) is 37.5 Å². The number of ether oxygens (including phenoxy) is 1. The van der Waals surface area contributed by atoms with E-state index in [1.165, 1.54) is 11.3 Å². The smallest absolute Gasteiger partial charge is 0.275 e. The predicted octanol–water partition coefficient (Wildman–Crippen LogP) is 2.55. The van der Waals surface area contributed by atoms with Crippen molar-refractivity contribution in [3.63, 3.8) is 0 Å². The minimum absolute atomic E-state index is 0.181. The first-order chi connectivity index (χ1) is 17.0. The van der Waals surface area contributed by atoms with E-state index >= 15 is 0 Å². The second-order valence-corrected chi connectivity index (χ2v) is 10.1. The highest BCUT2D eigenvalue weighted by molar-refractivity contribution is 7.14.